The van der Waals surface area contributed by atoms with Crippen LogP contribution in [0.25, 0.3) is 11.1 Å². The van der Waals surface area contributed by atoms with E-state index in [2.05, 4.69) is 26.0 Å². The maximum Gasteiger partial charge on any atom is 0.129 e. The third-order valence-corrected chi connectivity index (χ3v) is 3.50. The fraction of sp³-hybridized carbons (Fsp3) is 0.200. The molecule has 3 rings (SSSR count). The molecule has 86 valence electrons. The summed E-state index contributed by atoms with van der Waals surface area (Å²) in [5.74, 6) is 0.901. The highest BCUT2D eigenvalue weighted by Gasteiger charge is 2.33. The standard InChI is InChI=1S/C15H13ClO/c1-15(2)11-7-5-8-12(16)14(11)10-6-3-4-9-13(10)17-15/h3-9H,1-2H3. The first-order valence-electron chi connectivity index (χ1n) is 5.67. The van der Waals surface area contributed by atoms with Gasteiger partial charge in [-0.3, -0.25) is 0 Å². The Bertz CT molecular complexity index is 587. The number of hydrogen-bond donors (Lipinski definition) is 0. The largest absolute Gasteiger partial charge is 0.482 e. The Morgan fingerprint density at radius 2 is 1.76 bits per heavy atom. The number of para-hydroxylation sites is 1. The van der Waals surface area contributed by atoms with Crippen LogP contribution >= 0.6 is 11.6 Å². The minimum absolute atomic E-state index is 0.339. The molecule has 0 saturated carbocycles. The van der Waals surface area contributed by atoms with Gasteiger partial charge in [0.05, 0.1) is 0 Å². The summed E-state index contributed by atoms with van der Waals surface area (Å²) in [5.41, 5.74) is 2.98. The molecule has 1 aliphatic heterocycles. The van der Waals surface area contributed by atoms with Gasteiger partial charge in [-0.1, -0.05) is 41.9 Å². The Morgan fingerprint density at radius 3 is 2.59 bits per heavy atom. The summed E-state index contributed by atoms with van der Waals surface area (Å²) in [6.07, 6.45) is 0. The summed E-state index contributed by atoms with van der Waals surface area (Å²) in [4.78, 5) is 0. The van der Waals surface area contributed by atoms with Crippen molar-refractivity contribution in [3.8, 4) is 16.9 Å². The zero-order valence-corrected chi connectivity index (χ0v) is 10.6. The van der Waals surface area contributed by atoms with Crippen molar-refractivity contribution in [3.63, 3.8) is 0 Å². The van der Waals surface area contributed by atoms with Crippen LogP contribution < -0.4 is 4.74 Å². The maximum absolute atomic E-state index is 6.34. The molecule has 0 aliphatic carbocycles. The van der Waals surface area contributed by atoms with E-state index in [1.165, 1.54) is 0 Å². The van der Waals surface area contributed by atoms with E-state index in [0.29, 0.717) is 0 Å². The van der Waals surface area contributed by atoms with Crippen LogP contribution in [0.1, 0.15) is 19.4 Å². The highest BCUT2D eigenvalue weighted by molar-refractivity contribution is 6.33. The molecule has 0 aromatic heterocycles. The van der Waals surface area contributed by atoms with Crippen molar-refractivity contribution >= 4 is 11.6 Å². The predicted octanol–water partition coefficient (Wildman–Crippen LogP) is 4.63. The first kappa shape index (κ1) is 10.7. The van der Waals surface area contributed by atoms with E-state index < -0.39 is 0 Å². The Morgan fingerprint density at radius 1 is 1.00 bits per heavy atom. The van der Waals surface area contributed by atoms with Crippen LogP contribution in [0, 0.1) is 0 Å². The highest BCUT2D eigenvalue weighted by Crippen LogP contribution is 2.47. The number of halogens is 1. The third-order valence-electron chi connectivity index (χ3n) is 3.18. The van der Waals surface area contributed by atoms with Crippen LogP contribution in [0.5, 0.6) is 5.75 Å². The van der Waals surface area contributed by atoms with Gasteiger partial charge in [0.2, 0.25) is 0 Å². The molecule has 0 N–H and O–H groups in total. The minimum Gasteiger partial charge on any atom is -0.482 e. The molecule has 0 bridgehead atoms. The van der Waals surface area contributed by atoms with Crippen molar-refractivity contribution in [1.29, 1.82) is 0 Å². The SMILES string of the molecule is CC1(C)Oc2ccccc2-c2c(Cl)cccc21. The quantitative estimate of drug-likeness (QED) is 0.656. The summed E-state index contributed by atoms with van der Waals surface area (Å²) < 4.78 is 6.04. The van der Waals surface area contributed by atoms with E-state index >= 15 is 0 Å². The van der Waals surface area contributed by atoms with Crippen molar-refractivity contribution in [2.45, 2.75) is 19.4 Å². The average molecular weight is 245 g/mol. The summed E-state index contributed by atoms with van der Waals surface area (Å²) in [6.45, 7) is 4.14. The first-order valence-corrected chi connectivity index (χ1v) is 6.05. The highest BCUT2D eigenvalue weighted by atomic mass is 35.5. The molecule has 0 radical (unpaired) electrons. The lowest BCUT2D eigenvalue weighted by atomic mass is 9.86. The molecule has 17 heavy (non-hydrogen) atoms. The van der Waals surface area contributed by atoms with E-state index in [0.717, 1.165) is 27.5 Å². The van der Waals surface area contributed by atoms with E-state index in [1.54, 1.807) is 0 Å². The minimum atomic E-state index is -0.339. The molecule has 0 amide bonds. The van der Waals surface area contributed by atoms with E-state index in [4.69, 9.17) is 16.3 Å². The summed E-state index contributed by atoms with van der Waals surface area (Å²) in [6, 6.07) is 14.0. The van der Waals surface area contributed by atoms with Crippen molar-refractivity contribution in [2.75, 3.05) is 0 Å². The molecule has 1 heterocycles. The smallest absolute Gasteiger partial charge is 0.129 e. The van der Waals surface area contributed by atoms with Crippen LogP contribution in [-0.2, 0) is 5.60 Å². The van der Waals surface area contributed by atoms with Gasteiger partial charge >= 0.3 is 0 Å². The second-order valence-electron chi connectivity index (χ2n) is 4.77. The van der Waals surface area contributed by atoms with Gasteiger partial charge in [0.15, 0.2) is 0 Å². The second-order valence-corrected chi connectivity index (χ2v) is 5.18. The monoisotopic (exact) mass is 244 g/mol. The summed E-state index contributed by atoms with van der Waals surface area (Å²) >= 11 is 6.34. The Balaban J connectivity index is 2.38. The van der Waals surface area contributed by atoms with Crippen LogP contribution in [0.2, 0.25) is 5.02 Å². The molecule has 0 atom stereocenters. The molecule has 0 unspecified atom stereocenters. The van der Waals surface area contributed by atoms with Crippen molar-refractivity contribution in [2.24, 2.45) is 0 Å². The van der Waals surface area contributed by atoms with E-state index in [-0.39, 0.29) is 5.60 Å². The van der Waals surface area contributed by atoms with Gasteiger partial charge in [0.25, 0.3) is 0 Å². The lowest BCUT2D eigenvalue weighted by Crippen LogP contribution is -2.29. The molecule has 2 heteroatoms. The number of hydrogen-bond acceptors (Lipinski definition) is 1. The Hall–Kier alpha value is -1.47. The summed E-state index contributed by atoms with van der Waals surface area (Å²) in [5, 5.41) is 0.784. The zero-order valence-electron chi connectivity index (χ0n) is 9.83. The van der Waals surface area contributed by atoms with Gasteiger partial charge in [-0.15, -0.1) is 0 Å². The van der Waals surface area contributed by atoms with Crippen molar-refractivity contribution in [1.82, 2.24) is 0 Å². The molecule has 2 aromatic carbocycles. The lowest BCUT2D eigenvalue weighted by molar-refractivity contribution is 0.106. The van der Waals surface area contributed by atoms with Crippen LogP contribution in [0.3, 0.4) is 0 Å². The molecular formula is C15H13ClO. The van der Waals surface area contributed by atoms with Crippen molar-refractivity contribution < 1.29 is 4.74 Å². The molecule has 1 nitrogen and oxygen atoms in total. The predicted molar refractivity (Wildman–Crippen MR) is 70.5 cm³/mol. The fourth-order valence-corrected chi connectivity index (χ4v) is 2.67. The summed E-state index contributed by atoms with van der Waals surface area (Å²) in [7, 11) is 0. The fourth-order valence-electron chi connectivity index (χ4n) is 2.39. The molecular weight excluding hydrogens is 232 g/mol. The topological polar surface area (TPSA) is 9.23 Å². The van der Waals surface area contributed by atoms with Gasteiger partial charge < -0.3 is 4.74 Å². The van der Waals surface area contributed by atoms with Gasteiger partial charge in [0.1, 0.15) is 11.4 Å². The second kappa shape index (κ2) is 3.51. The number of rotatable bonds is 0. The molecule has 0 saturated heterocycles. The molecule has 0 spiro atoms. The zero-order chi connectivity index (χ0) is 12.0. The molecule has 2 aromatic rings. The Labute approximate surface area is 106 Å². The number of ether oxygens (including phenoxy) is 1. The first-order chi connectivity index (χ1) is 8.09. The molecule has 1 aliphatic rings. The van der Waals surface area contributed by atoms with Gasteiger partial charge in [-0.25, -0.2) is 0 Å². The number of fused-ring (bicyclic) bond motifs is 3. The normalized spacial score (nSPS) is 15.7. The average Bonchev–Trinajstić information content (AvgIpc) is 2.29. The Kier molecular flexibility index (Phi) is 2.20. The maximum atomic E-state index is 6.34. The van der Waals surface area contributed by atoms with Gasteiger partial charge in [-0.05, 0) is 26.0 Å². The molecule has 0 fully saturated rings. The van der Waals surface area contributed by atoms with E-state index in [9.17, 15) is 0 Å². The van der Waals surface area contributed by atoms with Crippen LogP contribution in [0.4, 0.5) is 0 Å². The van der Waals surface area contributed by atoms with Crippen LogP contribution in [0.15, 0.2) is 42.5 Å². The lowest BCUT2D eigenvalue weighted by Gasteiger charge is -2.35. The third kappa shape index (κ3) is 1.54. The van der Waals surface area contributed by atoms with Crippen molar-refractivity contribution in [3.05, 3.63) is 53.1 Å². The number of benzene rings is 2. The van der Waals surface area contributed by atoms with Gasteiger partial charge in [0, 0.05) is 21.7 Å². The van der Waals surface area contributed by atoms with Crippen LogP contribution in [-0.4, -0.2) is 0 Å². The van der Waals surface area contributed by atoms with Gasteiger partial charge in [-0.2, -0.15) is 0 Å². The van der Waals surface area contributed by atoms with E-state index in [1.807, 2.05) is 30.3 Å².